The quantitative estimate of drug-likeness (QED) is 0.802. The van der Waals surface area contributed by atoms with Gasteiger partial charge in [-0.25, -0.2) is 0 Å². The van der Waals surface area contributed by atoms with Crippen molar-refractivity contribution in [1.29, 1.82) is 0 Å². The second kappa shape index (κ2) is 7.26. The SMILES string of the molecule is CCNC(=O)CNC1CCN(Cc2ccccc2)C1. The van der Waals surface area contributed by atoms with Gasteiger partial charge >= 0.3 is 0 Å². The minimum absolute atomic E-state index is 0.0870. The van der Waals surface area contributed by atoms with E-state index in [0.717, 1.165) is 26.1 Å². The van der Waals surface area contributed by atoms with Crippen molar-refractivity contribution in [2.45, 2.75) is 25.9 Å². The molecule has 2 N–H and O–H groups in total. The number of nitrogens with zero attached hydrogens (tertiary/aromatic N) is 1. The number of carbonyl (C=O) groups is 1. The lowest BCUT2D eigenvalue weighted by Gasteiger charge is -2.16. The molecule has 1 fully saturated rings. The first-order chi connectivity index (χ1) is 9.28. The van der Waals surface area contributed by atoms with Crippen molar-refractivity contribution in [3.63, 3.8) is 0 Å². The second-order valence-corrected chi connectivity index (χ2v) is 5.04. The smallest absolute Gasteiger partial charge is 0.233 e. The van der Waals surface area contributed by atoms with Crippen LogP contribution in [0.5, 0.6) is 0 Å². The zero-order valence-corrected chi connectivity index (χ0v) is 11.6. The molecule has 1 aliphatic heterocycles. The van der Waals surface area contributed by atoms with Crippen LogP contribution in [-0.2, 0) is 11.3 Å². The van der Waals surface area contributed by atoms with Crippen LogP contribution in [0.25, 0.3) is 0 Å². The zero-order chi connectivity index (χ0) is 13.5. The van der Waals surface area contributed by atoms with Gasteiger partial charge in [-0.3, -0.25) is 9.69 Å². The highest BCUT2D eigenvalue weighted by molar-refractivity contribution is 5.77. The maximum atomic E-state index is 11.4. The molecule has 4 nitrogen and oxygen atoms in total. The fourth-order valence-electron chi connectivity index (χ4n) is 2.48. The first-order valence-electron chi connectivity index (χ1n) is 7.04. The Kier molecular flexibility index (Phi) is 5.36. The van der Waals surface area contributed by atoms with Crippen LogP contribution in [0.2, 0.25) is 0 Å². The van der Waals surface area contributed by atoms with E-state index < -0.39 is 0 Å². The Labute approximate surface area is 115 Å². The highest BCUT2D eigenvalue weighted by atomic mass is 16.1. The van der Waals surface area contributed by atoms with Crippen molar-refractivity contribution < 1.29 is 4.79 Å². The predicted molar refractivity (Wildman–Crippen MR) is 76.8 cm³/mol. The summed E-state index contributed by atoms with van der Waals surface area (Å²) in [7, 11) is 0. The van der Waals surface area contributed by atoms with Crippen LogP contribution in [0.4, 0.5) is 0 Å². The van der Waals surface area contributed by atoms with Crippen molar-refractivity contribution in [2.75, 3.05) is 26.2 Å². The Hall–Kier alpha value is -1.39. The van der Waals surface area contributed by atoms with Crippen molar-refractivity contribution >= 4 is 5.91 Å². The third-order valence-corrected chi connectivity index (χ3v) is 3.45. The van der Waals surface area contributed by atoms with E-state index in [2.05, 4.69) is 39.8 Å². The number of nitrogens with one attached hydrogen (secondary N) is 2. The summed E-state index contributed by atoms with van der Waals surface area (Å²) in [5.41, 5.74) is 1.35. The topological polar surface area (TPSA) is 44.4 Å². The molecule has 2 rings (SSSR count). The summed E-state index contributed by atoms with van der Waals surface area (Å²) in [4.78, 5) is 13.8. The Balaban J connectivity index is 1.70. The summed E-state index contributed by atoms with van der Waals surface area (Å²) in [6.45, 7) is 6.19. The third kappa shape index (κ3) is 4.65. The second-order valence-electron chi connectivity index (χ2n) is 5.04. The van der Waals surface area contributed by atoms with Crippen LogP contribution < -0.4 is 10.6 Å². The Bertz CT molecular complexity index is 394. The average Bonchev–Trinajstić information content (AvgIpc) is 2.86. The van der Waals surface area contributed by atoms with Gasteiger partial charge in [0, 0.05) is 32.2 Å². The molecular formula is C15H23N3O. The fraction of sp³-hybridized carbons (Fsp3) is 0.533. The van der Waals surface area contributed by atoms with Crippen LogP contribution in [-0.4, -0.2) is 43.0 Å². The maximum absolute atomic E-state index is 11.4. The fourth-order valence-corrected chi connectivity index (χ4v) is 2.48. The first kappa shape index (κ1) is 14.0. The van der Waals surface area contributed by atoms with Crippen LogP contribution in [0.1, 0.15) is 18.9 Å². The van der Waals surface area contributed by atoms with Crippen LogP contribution in [0, 0.1) is 0 Å². The van der Waals surface area contributed by atoms with E-state index in [9.17, 15) is 4.79 Å². The number of hydrogen-bond donors (Lipinski definition) is 2. The maximum Gasteiger partial charge on any atom is 0.233 e. The van der Waals surface area contributed by atoms with Gasteiger partial charge in [0.25, 0.3) is 0 Å². The molecule has 0 aromatic heterocycles. The Morgan fingerprint density at radius 2 is 2.16 bits per heavy atom. The predicted octanol–water partition coefficient (Wildman–Crippen LogP) is 0.987. The average molecular weight is 261 g/mol. The minimum Gasteiger partial charge on any atom is -0.355 e. The molecule has 1 unspecified atom stereocenters. The summed E-state index contributed by atoms with van der Waals surface area (Å²) in [6, 6.07) is 11.0. The van der Waals surface area contributed by atoms with Gasteiger partial charge in [-0.2, -0.15) is 0 Å². The van der Waals surface area contributed by atoms with Gasteiger partial charge in [0.1, 0.15) is 0 Å². The van der Waals surface area contributed by atoms with E-state index in [-0.39, 0.29) is 5.91 Å². The molecule has 0 saturated carbocycles. The van der Waals surface area contributed by atoms with Gasteiger partial charge in [0.15, 0.2) is 0 Å². The number of carbonyl (C=O) groups excluding carboxylic acids is 1. The van der Waals surface area contributed by atoms with Gasteiger partial charge in [-0.05, 0) is 18.9 Å². The molecular weight excluding hydrogens is 238 g/mol. The van der Waals surface area contributed by atoms with Crippen molar-refractivity contribution in [3.8, 4) is 0 Å². The molecule has 0 bridgehead atoms. The summed E-state index contributed by atoms with van der Waals surface area (Å²) >= 11 is 0. The van der Waals surface area contributed by atoms with Gasteiger partial charge in [0.05, 0.1) is 6.54 Å². The highest BCUT2D eigenvalue weighted by Crippen LogP contribution is 2.13. The molecule has 4 heteroatoms. The molecule has 0 spiro atoms. The lowest BCUT2D eigenvalue weighted by Crippen LogP contribution is -2.40. The van der Waals surface area contributed by atoms with Crippen LogP contribution in [0.15, 0.2) is 30.3 Å². The largest absolute Gasteiger partial charge is 0.355 e. The number of benzene rings is 1. The van der Waals surface area contributed by atoms with Crippen molar-refractivity contribution in [2.24, 2.45) is 0 Å². The number of likely N-dealkylation sites (tertiary alicyclic amines) is 1. The summed E-state index contributed by atoms with van der Waals surface area (Å²) in [6.07, 6.45) is 1.12. The summed E-state index contributed by atoms with van der Waals surface area (Å²) in [5, 5.41) is 6.13. The van der Waals surface area contributed by atoms with Crippen molar-refractivity contribution in [3.05, 3.63) is 35.9 Å². The van der Waals surface area contributed by atoms with Gasteiger partial charge < -0.3 is 10.6 Å². The summed E-state index contributed by atoms with van der Waals surface area (Å²) < 4.78 is 0. The number of amides is 1. The number of hydrogen-bond acceptors (Lipinski definition) is 3. The summed E-state index contributed by atoms with van der Waals surface area (Å²) in [5.74, 6) is 0.0870. The molecule has 1 heterocycles. The van der Waals surface area contributed by atoms with E-state index in [4.69, 9.17) is 0 Å². The lowest BCUT2D eigenvalue weighted by molar-refractivity contribution is -0.120. The molecule has 1 aromatic carbocycles. The van der Waals surface area contributed by atoms with E-state index in [1.54, 1.807) is 0 Å². The molecule has 0 radical (unpaired) electrons. The van der Waals surface area contributed by atoms with Crippen LogP contribution >= 0.6 is 0 Å². The molecule has 1 atom stereocenters. The van der Waals surface area contributed by atoms with E-state index in [1.807, 2.05) is 13.0 Å². The Morgan fingerprint density at radius 3 is 2.89 bits per heavy atom. The van der Waals surface area contributed by atoms with E-state index in [1.165, 1.54) is 5.56 Å². The molecule has 1 aliphatic rings. The Morgan fingerprint density at radius 1 is 1.37 bits per heavy atom. The van der Waals surface area contributed by atoms with E-state index in [0.29, 0.717) is 19.1 Å². The standard InChI is InChI=1S/C15H23N3O/c1-2-16-15(19)10-17-14-8-9-18(12-14)11-13-6-4-3-5-7-13/h3-7,14,17H,2,8-12H2,1H3,(H,16,19). The zero-order valence-electron chi connectivity index (χ0n) is 11.6. The van der Waals surface area contributed by atoms with E-state index >= 15 is 0 Å². The van der Waals surface area contributed by atoms with Gasteiger partial charge in [-0.15, -0.1) is 0 Å². The lowest BCUT2D eigenvalue weighted by atomic mass is 10.2. The molecule has 0 aliphatic carbocycles. The van der Waals surface area contributed by atoms with Crippen molar-refractivity contribution in [1.82, 2.24) is 15.5 Å². The van der Waals surface area contributed by atoms with Gasteiger partial charge in [0.2, 0.25) is 5.91 Å². The molecule has 19 heavy (non-hydrogen) atoms. The minimum atomic E-state index is 0.0870. The number of likely N-dealkylation sites (N-methyl/N-ethyl adjacent to an activating group) is 1. The molecule has 104 valence electrons. The highest BCUT2D eigenvalue weighted by Gasteiger charge is 2.22. The monoisotopic (exact) mass is 261 g/mol. The normalized spacial score (nSPS) is 19.5. The first-order valence-corrected chi connectivity index (χ1v) is 7.04. The van der Waals surface area contributed by atoms with Crippen LogP contribution in [0.3, 0.4) is 0 Å². The third-order valence-electron chi connectivity index (χ3n) is 3.45. The molecule has 1 amide bonds. The van der Waals surface area contributed by atoms with Gasteiger partial charge in [-0.1, -0.05) is 30.3 Å². The molecule has 1 aromatic rings. The number of rotatable bonds is 6. The molecule has 1 saturated heterocycles.